The molecule has 115 heavy (non-hydrogen) atoms. The summed E-state index contributed by atoms with van der Waals surface area (Å²) in [5, 5.41) is 15.2. The van der Waals surface area contributed by atoms with E-state index in [1.807, 2.05) is 44.2 Å². The predicted molar refractivity (Wildman–Crippen MR) is 513 cm³/mol. The maximum Gasteiger partial charge on any atom is 0.119 e. The molecule has 0 spiro atoms. The van der Waals surface area contributed by atoms with Crippen molar-refractivity contribution in [3.8, 4) is 38.4 Å². The number of aliphatic hydroxyl groups excluding tert-OH is 1. The molecule has 2 heterocycles. The molecule has 13 rings (SSSR count). The van der Waals surface area contributed by atoms with Crippen LogP contribution >= 0.6 is 22.7 Å². The van der Waals surface area contributed by atoms with Crippen LogP contribution in [-0.2, 0) is 6.61 Å². The summed E-state index contributed by atoms with van der Waals surface area (Å²) in [6.07, 6.45) is 7.36. The number of thiophene rings is 2. The average molecular weight is 1580 g/mol. The molecule has 0 unspecified atom stereocenters. The van der Waals surface area contributed by atoms with Gasteiger partial charge in [0.05, 0.1) is 12.7 Å². The zero-order valence-corrected chi connectivity index (χ0v) is 77.0. The smallest absolute Gasteiger partial charge is 0.119 e. The molecule has 10 aromatic carbocycles. The monoisotopic (exact) mass is 1580 g/mol. The van der Waals surface area contributed by atoms with Gasteiger partial charge in [-0.1, -0.05) is 405 Å². The Balaban J connectivity index is 0.000000232. The first-order chi connectivity index (χ1) is 54.8. The van der Waals surface area contributed by atoms with E-state index in [0.29, 0.717) is 59.2 Å². The highest BCUT2D eigenvalue weighted by Gasteiger charge is 2.16. The third-order valence-corrected chi connectivity index (χ3v) is 22.6. The van der Waals surface area contributed by atoms with E-state index < -0.39 is 0 Å². The molecular formula is C111H146O2S2. The molecular weight excluding hydrogens is 1430 g/mol. The summed E-state index contributed by atoms with van der Waals surface area (Å²) in [6.45, 7) is 55.0. The lowest BCUT2D eigenvalue weighted by Crippen LogP contribution is -2.05. The Hall–Kier alpha value is -8.64. The normalized spacial score (nSPS) is 11.7. The molecule has 2 nitrogen and oxygen atoms in total. The van der Waals surface area contributed by atoms with Gasteiger partial charge in [-0.05, 0) is 253 Å². The number of benzene rings is 10. The first kappa shape index (κ1) is 96.9. The van der Waals surface area contributed by atoms with Crippen LogP contribution in [0.3, 0.4) is 0 Å². The third-order valence-electron chi connectivity index (χ3n) is 21.0. The van der Waals surface area contributed by atoms with Crippen LogP contribution in [0.2, 0.25) is 0 Å². The molecule has 0 radical (unpaired) electrons. The zero-order valence-electron chi connectivity index (χ0n) is 75.4. The number of ether oxygens (including phenoxy) is 1. The van der Waals surface area contributed by atoms with Crippen LogP contribution in [0, 0.1) is 20.8 Å². The fraction of sp³-hybridized carbons (Fsp3) is 0.387. The van der Waals surface area contributed by atoms with Crippen molar-refractivity contribution in [2.45, 2.75) is 283 Å². The number of aryl methyl sites for hydroxylation is 3. The second kappa shape index (κ2) is 52.1. The van der Waals surface area contributed by atoms with Gasteiger partial charge < -0.3 is 9.84 Å². The molecule has 0 atom stereocenters. The van der Waals surface area contributed by atoms with Gasteiger partial charge in [-0.25, -0.2) is 0 Å². The van der Waals surface area contributed by atoms with Gasteiger partial charge in [0.15, 0.2) is 0 Å². The quantitative estimate of drug-likeness (QED) is 0.0985. The maximum atomic E-state index is 8.77. The van der Waals surface area contributed by atoms with Crippen LogP contribution in [0.15, 0.2) is 277 Å². The van der Waals surface area contributed by atoms with Crippen LogP contribution in [0.25, 0.3) is 32.7 Å². The lowest BCUT2D eigenvalue weighted by atomic mass is 9.83. The average Bonchev–Trinajstić information content (AvgIpc) is 1.85. The molecule has 614 valence electrons. The summed E-state index contributed by atoms with van der Waals surface area (Å²) in [6, 6.07) is 93.5. The summed E-state index contributed by atoms with van der Waals surface area (Å²) >= 11 is 3.54. The van der Waals surface area contributed by atoms with E-state index in [1.54, 1.807) is 28.2 Å². The first-order valence-corrected chi connectivity index (χ1v) is 44.9. The Bertz CT molecular complexity index is 4320. The van der Waals surface area contributed by atoms with Gasteiger partial charge >= 0.3 is 0 Å². The van der Waals surface area contributed by atoms with Gasteiger partial charge in [0.2, 0.25) is 0 Å². The summed E-state index contributed by atoms with van der Waals surface area (Å²) in [7, 11) is 0. The van der Waals surface area contributed by atoms with Crippen molar-refractivity contribution in [2.24, 2.45) is 0 Å². The van der Waals surface area contributed by atoms with Crippen molar-refractivity contribution in [1.82, 2.24) is 0 Å². The number of aliphatic hydroxyl groups is 1. The molecule has 1 saturated carbocycles. The van der Waals surface area contributed by atoms with Crippen LogP contribution in [0.5, 0.6) is 5.75 Å². The minimum Gasteiger partial charge on any atom is -0.491 e. The molecule has 4 heteroatoms. The minimum absolute atomic E-state index is 0.137. The summed E-state index contributed by atoms with van der Waals surface area (Å²) < 4.78 is 5.55. The van der Waals surface area contributed by atoms with Crippen molar-refractivity contribution < 1.29 is 9.84 Å². The topological polar surface area (TPSA) is 29.5 Å². The second-order valence-corrected chi connectivity index (χ2v) is 36.1. The predicted octanol–water partition coefficient (Wildman–Crippen LogP) is 34.8. The van der Waals surface area contributed by atoms with E-state index in [4.69, 9.17) is 9.84 Å². The van der Waals surface area contributed by atoms with Gasteiger partial charge in [-0.2, -0.15) is 11.3 Å². The molecule has 1 fully saturated rings. The van der Waals surface area contributed by atoms with Crippen LogP contribution in [0.1, 0.15) is 333 Å². The SMILES string of the molecule is CC(C)Oc1ccc(C(C)C)cc1.CC(C)c1ccc(-c2ccccc2)cc1.CC(C)c1ccc(-c2cccs2)cc1.CC(C)c1ccc(-c2ccsc2)cc1.CC(C)c1ccc(C(C)C)cc1.CC(C)c1ccc(C2CCCCC2)cc1.CC(C)c1ccc(CO)cc1.Cc1ccc(C(C)C)c(C)c1.Cc1ccc(C(C)C)cc1. The van der Waals surface area contributed by atoms with E-state index >= 15 is 0 Å². The van der Waals surface area contributed by atoms with E-state index in [9.17, 15) is 0 Å². The Labute approximate surface area is 709 Å². The molecule has 0 bridgehead atoms. The lowest BCUT2D eigenvalue weighted by Gasteiger charge is -2.22. The number of hydrogen-bond acceptors (Lipinski definition) is 4. The zero-order chi connectivity index (χ0) is 84.5. The molecule has 0 aliphatic heterocycles. The van der Waals surface area contributed by atoms with E-state index in [0.717, 1.165) is 17.2 Å². The van der Waals surface area contributed by atoms with Gasteiger partial charge in [-0.3, -0.25) is 0 Å². The van der Waals surface area contributed by atoms with Crippen molar-refractivity contribution in [3.05, 3.63) is 360 Å². The summed E-state index contributed by atoms with van der Waals surface area (Å²) in [5.41, 5.74) is 27.3. The molecule has 1 N–H and O–H groups in total. The van der Waals surface area contributed by atoms with Gasteiger partial charge in [0.25, 0.3) is 0 Å². The molecule has 1 aliphatic rings. The highest BCUT2D eigenvalue weighted by Crippen LogP contribution is 2.34. The molecule has 1 aliphatic carbocycles. The molecule has 12 aromatic rings. The number of hydrogen-bond donors (Lipinski definition) is 1. The molecule has 2 aromatic heterocycles. The van der Waals surface area contributed by atoms with Crippen molar-refractivity contribution >= 4 is 22.7 Å². The summed E-state index contributed by atoms with van der Waals surface area (Å²) in [5.74, 6) is 8.06. The van der Waals surface area contributed by atoms with Gasteiger partial charge in [0.1, 0.15) is 5.75 Å². The van der Waals surface area contributed by atoms with Crippen molar-refractivity contribution in [3.63, 3.8) is 0 Å². The highest BCUT2D eigenvalue weighted by molar-refractivity contribution is 7.13. The van der Waals surface area contributed by atoms with E-state index in [1.165, 1.54) is 137 Å². The van der Waals surface area contributed by atoms with Crippen LogP contribution in [0.4, 0.5) is 0 Å². The number of rotatable bonds is 17. The van der Waals surface area contributed by atoms with E-state index in [2.05, 4.69) is 406 Å². The van der Waals surface area contributed by atoms with Gasteiger partial charge in [0, 0.05) is 4.88 Å². The van der Waals surface area contributed by atoms with Crippen LogP contribution < -0.4 is 4.74 Å². The Kier molecular flexibility index (Phi) is 43.9. The Morgan fingerprint density at radius 3 is 1.01 bits per heavy atom. The Morgan fingerprint density at radius 2 is 0.661 bits per heavy atom. The standard InChI is InChI=1S/C15H22.C15H16.2C13H14S.C12H18O.C12H18.C11H16.C10H14O.C10H14/c2*1-12(2)13-8-10-15(11-9-13)14-6-4-3-5-7-14;1-10(2)11-3-5-12(6-4-11)13-7-8-14-9-13;1-10(2)11-5-7-12(8-6-11)13-4-3-9-14-13;1-9(2)11-5-7-12(8-6-11)13-10(3)4;1-9(2)11-5-7-12(8-6-11)10(3)4;1-8(2)11-6-5-9(3)7-10(11)4;1-8(2)10-5-3-9(7-11)4-6-10;1-8(2)10-6-4-9(3)5-7-10/h8-12,14H,3-7H2,1-2H3;3-12H,1-2H3;2*3-10H,1-2H3;5-10H,1-4H3;5-10H,1-4H3;5-8H,1-4H3;3-6,8,11H,7H2,1-2H3;4-8H,1-3H3. The fourth-order valence-electron chi connectivity index (χ4n) is 13.1. The molecule has 0 amide bonds. The second-order valence-electron chi connectivity index (χ2n) is 34.3. The first-order valence-electron chi connectivity index (χ1n) is 43.1. The third kappa shape index (κ3) is 36.2. The largest absolute Gasteiger partial charge is 0.491 e. The van der Waals surface area contributed by atoms with Gasteiger partial charge in [-0.15, -0.1) is 11.3 Å². The highest BCUT2D eigenvalue weighted by atomic mass is 32.1. The fourth-order valence-corrected chi connectivity index (χ4v) is 14.5. The lowest BCUT2D eigenvalue weighted by molar-refractivity contribution is 0.242. The van der Waals surface area contributed by atoms with Crippen molar-refractivity contribution in [2.75, 3.05) is 0 Å². The maximum absolute atomic E-state index is 8.77. The van der Waals surface area contributed by atoms with Crippen LogP contribution in [-0.4, -0.2) is 11.2 Å². The summed E-state index contributed by atoms with van der Waals surface area (Å²) in [4.78, 5) is 1.35. The molecule has 0 saturated heterocycles. The minimum atomic E-state index is 0.137. The Morgan fingerprint density at radius 1 is 0.313 bits per heavy atom. The van der Waals surface area contributed by atoms with E-state index in [-0.39, 0.29) is 12.7 Å². The van der Waals surface area contributed by atoms with Crippen molar-refractivity contribution in [1.29, 1.82) is 0 Å².